The SMILES string of the molecule is NC1CCC(Cc2ccc(F)cc2F)C1. The van der Waals surface area contributed by atoms with Gasteiger partial charge in [0, 0.05) is 12.1 Å². The van der Waals surface area contributed by atoms with Crippen LogP contribution in [0.2, 0.25) is 0 Å². The lowest BCUT2D eigenvalue weighted by molar-refractivity contribution is 0.507. The molecular formula is C12H15F2N. The summed E-state index contributed by atoms with van der Waals surface area (Å²) in [5, 5.41) is 0. The Balaban J connectivity index is 2.04. The third kappa shape index (κ3) is 2.53. The fourth-order valence-corrected chi connectivity index (χ4v) is 2.30. The van der Waals surface area contributed by atoms with Crippen LogP contribution >= 0.6 is 0 Å². The summed E-state index contributed by atoms with van der Waals surface area (Å²) >= 11 is 0. The van der Waals surface area contributed by atoms with Gasteiger partial charge in [-0.3, -0.25) is 0 Å². The summed E-state index contributed by atoms with van der Waals surface area (Å²) in [7, 11) is 0. The first kappa shape index (κ1) is 10.6. The molecule has 1 fully saturated rings. The van der Waals surface area contributed by atoms with Crippen molar-refractivity contribution in [3.05, 3.63) is 35.4 Å². The van der Waals surface area contributed by atoms with Crippen molar-refractivity contribution in [1.29, 1.82) is 0 Å². The first-order chi connectivity index (χ1) is 7.15. The third-order valence-corrected chi connectivity index (χ3v) is 3.11. The van der Waals surface area contributed by atoms with E-state index in [-0.39, 0.29) is 6.04 Å². The van der Waals surface area contributed by atoms with Crippen molar-refractivity contribution in [2.75, 3.05) is 0 Å². The maximum absolute atomic E-state index is 13.3. The van der Waals surface area contributed by atoms with E-state index >= 15 is 0 Å². The lowest BCUT2D eigenvalue weighted by Gasteiger charge is -2.10. The van der Waals surface area contributed by atoms with Gasteiger partial charge in [-0.05, 0) is 43.2 Å². The number of hydrogen-bond donors (Lipinski definition) is 1. The lowest BCUT2D eigenvalue weighted by atomic mass is 9.97. The number of rotatable bonds is 2. The van der Waals surface area contributed by atoms with Crippen molar-refractivity contribution in [1.82, 2.24) is 0 Å². The maximum atomic E-state index is 13.3. The van der Waals surface area contributed by atoms with Crippen molar-refractivity contribution >= 4 is 0 Å². The van der Waals surface area contributed by atoms with Gasteiger partial charge in [-0.1, -0.05) is 6.07 Å². The van der Waals surface area contributed by atoms with Crippen molar-refractivity contribution in [3.8, 4) is 0 Å². The van der Waals surface area contributed by atoms with Crippen molar-refractivity contribution < 1.29 is 8.78 Å². The lowest BCUT2D eigenvalue weighted by Crippen LogP contribution is -2.15. The topological polar surface area (TPSA) is 26.0 Å². The molecule has 82 valence electrons. The number of halogens is 2. The molecule has 1 aliphatic carbocycles. The fourth-order valence-electron chi connectivity index (χ4n) is 2.30. The van der Waals surface area contributed by atoms with Crippen LogP contribution in [0.4, 0.5) is 8.78 Å². The highest BCUT2D eigenvalue weighted by Gasteiger charge is 2.22. The molecule has 0 aliphatic heterocycles. The fraction of sp³-hybridized carbons (Fsp3) is 0.500. The van der Waals surface area contributed by atoms with E-state index in [1.807, 2.05) is 0 Å². The monoisotopic (exact) mass is 211 g/mol. The number of benzene rings is 1. The van der Waals surface area contributed by atoms with Crippen LogP contribution in [0.1, 0.15) is 24.8 Å². The minimum atomic E-state index is -0.514. The molecule has 1 saturated carbocycles. The Morgan fingerprint density at radius 1 is 1.27 bits per heavy atom. The highest BCUT2D eigenvalue weighted by Crippen LogP contribution is 2.28. The molecule has 1 aromatic carbocycles. The molecule has 0 heterocycles. The molecule has 2 unspecified atom stereocenters. The molecular weight excluding hydrogens is 196 g/mol. The maximum Gasteiger partial charge on any atom is 0.129 e. The second-order valence-electron chi connectivity index (χ2n) is 4.38. The quantitative estimate of drug-likeness (QED) is 0.799. The largest absolute Gasteiger partial charge is 0.328 e. The summed E-state index contributed by atoms with van der Waals surface area (Å²) < 4.78 is 26.0. The van der Waals surface area contributed by atoms with Crippen LogP contribution in [0.3, 0.4) is 0 Å². The van der Waals surface area contributed by atoms with Crippen LogP contribution < -0.4 is 5.73 Å². The molecule has 1 aromatic rings. The van der Waals surface area contributed by atoms with Gasteiger partial charge in [0.05, 0.1) is 0 Å². The Bertz CT molecular complexity index is 351. The van der Waals surface area contributed by atoms with E-state index in [1.54, 1.807) is 0 Å². The molecule has 0 radical (unpaired) electrons. The zero-order chi connectivity index (χ0) is 10.8. The van der Waals surface area contributed by atoms with Gasteiger partial charge in [-0.2, -0.15) is 0 Å². The number of nitrogens with two attached hydrogens (primary N) is 1. The summed E-state index contributed by atoms with van der Waals surface area (Å²) in [6, 6.07) is 4.06. The Kier molecular flexibility index (Phi) is 3.00. The molecule has 1 nitrogen and oxygen atoms in total. The molecule has 0 spiro atoms. The molecule has 0 aromatic heterocycles. The van der Waals surface area contributed by atoms with Crippen LogP contribution in [0.5, 0.6) is 0 Å². The van der Waals surface area contributed by atoms with E-state index in [1.165, 1.54) is 12.1 Å². The molecule has 2 atom stereocenters. The van der Waals surface area contributed by atoms with E-state index in [0.717, 1.165) is 25.3 Å². The molecule has 0 saturated heterocycles. The predicted octanol–water partition coefficient (Wildman–Crippen LogP) is 2.63. The Morgan fingerprint density at radius 2 is 2.07 bits per heavy atom. The Hall–Kier alpha value is -0.960. The van der Waals surface area contributed by atoms with E-state index < -0.39 is 11.6 Å². The average Bonchev–Trinajstić information content (AvgIpc) is 2.56. The van der Waals surface area contributed by atoms with Crippen LogP contribution in [-0.4, -0.2) is 6.04 Å². The van der Waals surface area contributed by atoms with Gasteiger partial charge in [0.2, 0.25) is 0 Å². The Labute approximate surface area is 88.3 Å². The van der Waals surface area contributed by atoms with Crippen LogP contribution in [0.15, 0.2) is 18.2 Å². The summed E-state index contributed by atoms with van der Waals surface area (Å²) in [5.74, 6) is -0.491. The van der Waals surface area contributed by atoms with Gasteiger partial charge >= 0.3 is 0 Å². The molecule has 3 heteroatoms. The van der Waals surface area contributed by atoms with E-state index in [0.29, 0.717) is 17.9 Å². The van der Waals surface area contributed by atoms with E-state index in [4.69, 9.17) is 5.73 Å². The summed E-state index contributed by atoms with van der Waals surface area (Å²) in [4.78, 5) is 0. The van der Waals surface area contributed by atoms with Crippen LogP contribution in [-0.2, 0) is 6.42 Å². The van der Waals surface area contributed by atoms with Crippen LogP contribution in [0.25, 0.3) is 0 Å². The zero-order valence-electron chi connectivity index (χ0n) is 8.55. The number of hydrogen-bond acceptors (Lipinski definition) is 1. The highest BCUT2D eigenvalue weighted by molar-refractivity contribution is 5.19. The van der Waals surface area contributed by atoms with Gasteiger partial charge in [-0.25, -0.2) is 8.78 Å². The van der Waals surface area contributed by atoms with Crippen molar-refractivity contribution in [3.63, 3.8) is 0 Å². The summed E-state index contributed by atoms with van der Waals surface area (Å²) in [5.41, 5.74) is 6.39. The minimum absolute atomic E-state index is 0.263. The van der Waals surface area contributed by atoms with E-state index in [9.17, 15) is 8.78 Å². The normalized spacial score (nSPS) is 25.8. The zero-order valence-corrected chi connectivity index (χ0v) is 8.55. The molecule has 2 rings (SSSR count). The molecule has 0 bridgehead atoms. The second kappa shape index (κ2) is 4.27. The highest BCUT2D eigenvalue weighted by atomic mass is 19.1. The average molecular weight is 211 g/mol. The first-order valence-electron chi connectivity index (χ1n) is 5.34. The Morgan fingerprint density at radius 3 is 2.67 bits per heavy atom. The van der Waals surface area contributed by atoms with Gasteiger partial charge in [0.25, 0.3) is 0 Å². The standard InChI is InChI=1S/C12H15F2N/c13-10-3-2-9(12(14)7-10)5-8-1-4-11(15)6-8/h2-3,7-8,11H,1,4-6,15H2. The molecule has 0 amide bonds. The predicted molar refractivity (Wildman–Crippen MR) is 55.4 cm³/mol. The minimum Gasteiger partial charge on any atom is -0.328 e. The van der Waals surface area contributed by atoms with Crippen LogP contribution in [0, 0.1) is 17.6 Å². The third-order valence-electron chi connectivity index (χ3n) is 3.11. The molecule has 1 aliphatic rings. The molecule has 15 heavy (non-hydrogen) atoms. The summed E-state index contributed by atoms with van der Waals surface area (Å²) in [6.45, 7) is 0. The first-order valence-corrected chi connectivity index (χ1v) is 5.34. The van der Waals surface area contributed by atoms with Gasteiger partial charge in [0.1, 0.15) is 11.6 Å². The summed E-state index contributed by atoms with van der Waals surface area (Å²) in [6.07, 6.45) is 3.71. The molecule has 2 N–H and O–H groups in total. The van der Waals surface area contributed by atoms with Gasteiger partial charge < -0.3 is 5.73 Å². The van der Waals surface area contributed by atoms with Gasteiger partial charge in [0.15, 0.2) is 0 Å². The van der Waals surface area contributed by atoms with Gasteiger partial charge in [-0.15, -0.1) is 0 Å². The van der Waals surface area contributed by atoms with Crippen molar-refractivity contribution in [2.45, 2.75) is 31.7 Å². The second-order valence-corrected chi connectivity index (χ2v) is 4.38. The smallest absolute Gasteiger partial charge is 0.129 e. The van der Waals surface area contributed by atoms with Crippen molar-refractivity contribution in [2.24, 2.45) is 11.7 Å². The van der Waals surface area contributed by atoms with E-state index in [2.05, 4.69) is 0 Å².